The topological polar surface area (TPSA) is 94.1 Å². The number of amides is 1. The van der Waals surface area contributed by atoms with E-state index in [1.165, 1.54) is 6.26 Å². The molecule has 0 spiro atoms. The lowest BCUT2D eigenvalue weighted by molar-refractivity contribution is 0.0936. The van der Waals surface area contributed by atoms with Crippen LogP contribution in [0.2, 0.25) is 0 Å². The fourth-order valence-electron chi connectivity index (χ4n) is 2.83. The minimum Gasteiger partial charge on any atom is -0.426 e. The van der Waals surface area contributed by atoms with E-state index in [-0.39, 0.29) is 11.9 Å². The zero-order valence-electron chi connectivity index (χ0n) is 12.1. The van der Waals surface area contributed by atoms with E-state index in [4.69, 9.17) is 8.94 Å². The van der Waals surface area contributed by atoms with Crippen molar-refractivity contribution in [3.63, 3.8) is 0 Å². The molecular weight excluding hydrogens is 272 g/mol. The molecule has 2 heterocycles. The SMILES string of the molecule is Cc1nnc(C[C@@H]2CC[C@H](NC(=O)c3conc3C)C2)o1. The van der Waals surface area contributed by atoms with Crippen LogP contribution in [0.25, 0.3) is 0 Å². The monoisotopic (exact) mass is 290 g/mol. The van der Waals surface area contributed by atoms with Crippen molar-refractivity contribution in [3.8, 4) is 0 Å². The van der Waals surface area contributed by atoms with Crippen LogP contribution in [-0.2, 0) is 6.42 Å². The van der Waals surface area contributed by atoms with Gasteiger partial charge in [-0.2, -0.15) is 0 Å². The van der Waals surface area contributed by atoms with Gasteiger partial charge < -0.3 is 14.3 Å². The zero-order valence-corrected chi connectivity index (χ0v) is 12.1. The van der Waals surface area contributed by atoms with E-state index >= 15 is 0 Å². The van der Waals surface area contributed by atoms with Gasteiger partial charge in [-0.25, -0.2) is 0 Å². The zero-order chi connectivity index (χ0) is 14.8. The fraction of sp³-hybridized carbons (Fsp3) is 0.571. The van der Waals surface area contributed by atoms with Gasteiger partial charge in [-0.1, -0.05) is 5.16 Å². The molecule has 0 aliphatic heterocycles. The number of aryl methyl sites for hydroxylation is 2. The standard InChI is InChI=1S/C14H18N4O3/c1-8-12(7-20-18-8)14(19)15-11-4-3-10(5-11)6-13-17-16-9(2)21-13/h7,10-11H,3-6H2,1-2H3,(H,15,19)/t10-,11+/m1/s1. The molecule has 112 valence electrons. The second kappa shape index (κ2) is 5.67. The molecule has 1 fully saturated rings. The van der Waals surface area contributed by atoms with Crippen LogP contribution in [0, 0.1) is 19.8 Å². The molecule has 21 heavy (non-hydrogen) atoms. The van der Waals surface area contributed by atoms with Gasteiger partial charge in [0, 0.05) is 19.4 Å². The average molecular weight is 290 g/mol. The molecule has 0 radical (unpaired) electrons. The van der Waals surface area contributed by atoms with Gasteiger partial charge in [0.25, 0.3) is 5.91 Å². The second-order valence-corrected chi connectivity index (χ2v) is 5.58. The molecule has 0 unspecified atom stereocenters. The third-order valence-corrected chi connectivity index (χ3v) is 3.90. The maximum absolute atomic E-state index is 12.1. The van der Waals surface area contributed by atoms with Crippen LogP contribution < -0.4 is 5.32 Å². The van der Waals surface area contributed by atoms with Gasteiger partial charge in [0.2, 0.25) is 11.8 Å². The molecule has 0 bridgehead atoms. The van der Waals surface area contributed by atoms with Gasteiger partial charge in [0.15, 0.2) is 0 Å². The van der Waals surface area contributed by atoms with Gasteiger partial charge in [0.1, 0.15) is 11.8 Å². The molecule has 7 nitrogen and oxygen atoms in total. The van der Waals surface area contributed by atoms with Crippen LogP contribution in [0.3, 0.4) is 0 Å². The van der Waals surface area contributed by atoms with Crippen LogP contribution in [-0.4, -0.2) is 27.3 Å². The van der Waals surface area contributed by atoms with E-state index in [2.05, 4.69) is 20.7 Å². The van der Waals surface area contributed by atoms with Crippen molar-refractivity contribution in [1.29, 1.82) is 0 Å². The number of hydrogen-bond acceptors (Lipinski definition) is 6. The first-order chi connectivity index (χ1) is 10.1. The van der Waals surface area contributed by atoms with Crippen LogP contribution in [0.5, 0.6) is 0 Å². The first kappa shape index (κ1) is 13.8. The third-order valence-electron chi connectivity index (χ3n) is 3.90. The maximum atomic E-state index is 12.1. The van der Waals surface area contributed by atoms with Crippen molar-refractivity contribution in [2.45, 2.75) is 45.6 Å². The molecule has 1 amide bonds. The van der Waals surface area contributed by atoms with Crippen molar-refractivity contribution in [3.05, 3.63) is 29.3 Å². The summed E-state index contributed by atoms with van der Waals surface area (Å²) >= 11 is 0. The van der Waals surface area contributed by atoms with Crippen LogP contribution in [0.4, 0.5) is 0 Å². The molecule has 2 aromatic rings. The molecule has 7 heteroatoms. The van der Waals surface area contributed by atoms with E-state index < -0.39 is 0 Å². The number of nitrogens with one attached hydrogen (secondary N) is 1. The molecule has 1 saturated carbocycles. The third kappa shape index (κ3) is 3.12. The number of aromatic nitrogens is 3. The van der Waals surface area contributed by atoms with E-state index in [0.717, 1.165) is 25.7 Å². The summed E-state index contributed by atoms with van der Waals surface area (Å²) in [5.41, 5.74) is 1.12. The Labute approximate surface area is 122 Å². The molecule has 1 N–H and O–H groups in total. The van der Waals surface area contributed by atoms with Gasteiger partial charge in [0.05, 0.1) is 5.69 Å². The average Bonchev–Trinajstić information content (AvgIpc) is 3.13. The number of rotatable bonds is 4. The highest BCUT2D eigenvalue weighted by molar-refractivity contribution is 5.94. The Bertz CT molecular complexity index is 634. The Hall–Kier alpha value is -2.18. The highest BCUT2D eigenvalue weighted by Gasteiger charge is 2.28. The molecule has 0 saturated heterocycles. The van der Waals surface area contributed by atoms with Crippen LogP contribution >= 0.6 is 0 Å². The molecule has 2 aromatic heterocycles. The number of nitrogens with zero attached hydrogens (tertiary/aromatic N) is 3. The smallest absolute Gasteiger partial charge is 0.256 e. The summed E-state index contributed by atoms with van der Waals surface area (Å²) in [6.07, 6.45) is 5.11. The predicted octanol–water partition coefficient (Wildman–Crippen LogP) is 1.82. The van der Waals surface area contributed by atoms with E-state index in [1.54, 1.807) is 13.8 Å². The summed E-state index contributed by atoms with van der Waals surface area (Å²) in [5.74, 6) is 1.63. The first-order valence-corrected chi connectivity index (χ1v) is 7.12. The molecule has 3 rings (SSSR count). The largest absolute Gasteiger partial charge is 0.426 e. The lowest BCUT2D eigenvalue weighted by Gasteiger charge is -2.12. The first-order valence-electron chi connectivity index (χ1n) is 7.12. The van der Waals surface area contributed by atoms with Crippen molar-refractivity contribution in [2.75, 3.05) is 0 Å². The van der Waals surface area contributed by atoms with Crippen molar-refractivity contribution >= 4 is 5.91 Å². The van der Waals surface area contributed by atoms with Crippen molar-refractivity contribution in [2.24, 2.45) is 5.92 Å². The minimum atomic E-state index is -0.118. The number of hydrogen-bond donors (Lipinski definition) is 1. The lowest BCUT2D eigenvalue weighted by Crippen LogP contribution is -2.33. The Balaban J connectivity index is 1.53. The van der Waals surface area contributed by atoms with Crippen molar-refractivity contribution in [1.82, 2.24) is 20.7 Å². The molecule has 0 aromatic carbocycles. The molecule has 2 atom stereocenters. The molecule has 1 aliphatic rings. The second-order valence-electron chi connectivity index (χ2n) is 5.58. The summed E-state index contributed by atoms with van der Waals surface area (Å²) in [4.78, 5) is 12.1. The minimum absolute atomic E-state index is 0.118. The molecule has 1 aliphatic carbocycles. The Morgan fingerprint density at radius 1 is 1.38 bits per heavy atom. The van der Waals surface area contributed by atoms with Crippen LogP contribution in [0.1, 0.15) is 47.1 Å². The van der Waals surface area contributed by atoms with Gasteiger partial charge in [-0.05, 0) is 32.1 Å². The Morgan fingerprint density at radius 2 is 2.24 bits per heavy atom. The highest BCUT2D eigenvalue weighted by Crippen LogP contribution is 2.28. The van der Waals surface area contributed by atoms with E-state index in [9.17, 15) is 4.79 Å². The maximum Gasteiger partial charge on any atom is 0.256 e. The summed E-state index contributed by atoms with van der Waals surface area (Å²) < 4.78 is 10.2. The number of carbonyl (C=O) groups excluding carboxylic acids is 1. The highest BCUT2D eigenvalue weighted by atomic mass is 16.5. The summed E-state index contributed by atoms with van der Waals surface area (Å²) in [6.45, 7) is 3.54. The van der Waals surface area contributed by atoms with Crippen molar-refractivity contribution < 1.29 is 13.7 Å². The quantitative estimate of drug-likeness (QED) is 0.923. The van der Waals surface area contributed by atoms with Gasteiger partial charge in [-0.3, -0.25) is 4.79 Å². The summed E-state index contributed by atoms with van der Waals surface area (Å²) in [6, 6.07) is 0.181. The van der Waals surface area contributed by atoms with Gasteiger partial charge >= 0.3 is 0 Å². The fourth-order valence-corrected chi connectivity index (χ4v) is 2.83. The number of carbonyl (C=O) groups is 1. The Kier molecular flexibility index (Phi) is 3.72. The van der Waals surface area contributed by atoms with Crippen LogP contribution in [0.15, 0.2) is 15.2 Å². The summed E-state index contributed by atoms with van der Waals surface area (Å²) in [7, 11) is 0. The predicted molar refractivity (Wildman–Crippen MR) is 72.6 cm³/mol. The van der Waals surface area contributed by atoms with E-state index in [0.29, 0.717) is 29.0 Å². The molecular formula is C14H18N4O3. The van der Waals surface area contributed by atoms with E-state index in [1.807, 2.05) is 0 Å². The van der Waals surface area contributed by atoms with Gasteiger partial charge in [-0.15, -0.1) is 10.2 Å². The Morgan fingerprint density at radius 3 is 2.90 bits per heavy atom. The lowest BCUT2D eigenvalue weighted by atomic mass is 10.0. The summed E-state index contributed by atoms with van der Waals surface area (Å²) in [5, 5.41) is 14.6. The normalized spacial score (nSPS) is 21.6.